The van der Waals surface area contributed by atoms with E-state index in [-0.39, 0.29) is 23.3 Å². The molecular weight excluding hydrogens is 499 g/mol. The van der Waals surface area contributed by atoms with Gasteiger partial charge in [0.15, 0.2) is 0 Å². The number of hydrogen-bond acceptors (Lipinski definition) is 5. The summed E-state index contributed by atoms with van der Waals surface area (Å²) in [4.78, 5) is 12.6. The van der Waals surface area contributed by atoms with Crippen molar-refractivity contribution < 1.29 is 23.2 Å². The number of rotatable bonds is 7. The molecule has 3 aromatic carbocycles. The molecule has 0 saturated heterocycles. The van der Waals surface area contributed by atoms with Gasteiger partial charge in [-0.2, -0.15) is 4.72 Å². The summed E-state index contributed by atoms with van der Waals surface area (Å²) < 4.78 is 34.6. The molecule has 3 unspecified atom stereocenters. The second kappa shape index (κ2) is 8.55. The molecule has 3 N–H and O–H groups in total. The predicted octanol–water partition coefficient (Wildman–Crippen LogP) is 4.06. The van der Waals surface area contributed by atoms with Crippen LogP contribution < -0.4 is 14.9 Å². The van der Waals surface area contributed by atoms with E-state index in [4.69, 9.17) is 27.9 Å². The Hall–Kier alpha value is -2.62. The molecule has 1 saturated carbocycles. The molecule has 2 aliphatic rings. The zero-order valence-electron chi connectivity index (χ0n) is 17.7. The quantitative estimate of drug-likeness (QED) is 0.323. The highest BCUT2D eigenvalue weighted by atomic mass is 35.5. The van der Waals surface area contributed by atoms with Crippen LogP contribution >= 0.6 is 23.2 Å². The average molecular weight is 519 g/mol. The van der Waals surface area contributed by atoms with Crippen molar-refractivity contribution in [1.29, 1.82) is 0 Å². The second-order valence-corrected chi connectivity index (χ2v) is 11.0. The first-order valence-corrected chi connectivity index (χ1v) is 12.7. The van der Waals surface area contributed by atoms with E-state index in [0.29, 0.717) is 22.2 Å². The Kier molecular flexibility index (Phi) is 5.82. The zero-order chi connectivity index (χ0) is 24.1. The smallest absolute Gasteiger partial charge is 0.265 e. The number of fused-ring (bicyclic) bond motifs is 3. The van der Waals surface area contributed by atoms with E-state index in [0.717, 1.165) is 16.7 Å². The van der Waals surface area contributed by atoms with Crippen LogP contribution in [0.25, 0.3) is 0 Å². The first kappa shape index (κ1) is 23.1. The van der Waals surface area contributed by atoms with Gasteiger partial charge in [0.2, 0.25) is 10.0 Å². The molecule has 176 valence electrons. The van der Waals surface area contributed by atoms with E-state index in [1.165, 1.54) is 24.3 Å². The third-order valence-electron chi connectivity index (χ3n) is 6.44. The van der Waals surface area contributed by atoms with E-state index >= 15 is 0 Å². The molecule has 3 aromatic rings. The Morgan fingerprint density at radius 3 is 2.41 bits per heavy atom. The molecule has 1 fully saturated rings. The fourth-order valence-electron chi connectivity index (χ4n) is 4.91. The third-order valence-corrected chi connectivity index (χ3v) is 8.38. The van der Waals surface area contributed by atoms with Crippen molar-refractivity contribution in [1.82, 2.24) is 10.2 Å². The number of ether oxygens (including phenoxy) is 1. The van der Waals surface area contributed by atoms with Crippen LogP contribution in [-0.4, -0.2) is 25.1 Å². The Balaban J connectivity index is 1.33. The van der Waals surface area contributed by atoms with Crippen LogP contribution in [0.2, 0.25) is 10.0 Å². The van der Waals surface area contributed by atoms with Crippen LogP contribution in [0.1, 0.15) is 22.6 Å². The summed E-state index contributed by atoms with van der Waals surface area (Å²) >= 11 is 12.0. The minimum absolute atomic E-state index is 0.0194. The summed E-state index contributed by atoms with van der Waals surface area (Å²) in [5.74, 6) is -0.910. The van der Waals surface area contributed by atoms with Gasteiger partial charge < -0.3 is 4.74 Å². The lowest BCUT2D eigenvalue weighted by Gasteiger charge is -2.21. The van der Waals surface area contributed by atoms with Crippen molar-refractivity contribution in [3.05, 3.63) is 93.5 Å². The highest BCUT2D eigenvalue weighted by Gasteiger charge is 2.74. The molecule has 0 aromatic heterocycles. The molecule has 0 spiro atoms. The summed E-state index contributed by atoms with van der Waals surface area (Å²) in [5, 5.41) is 10.3. The lowest BCUT2D eigenvalue weighted by Crippen LogP contribution is -2.51. The Bertz CT molecular complexity index is 1360. The van der Waals surface area contributed by atoms with Gasteiger partial charge in [-0.25, -0.2) is 13.9 Å². The molecule has 7 nitrogen and oxygen atoms in total. The number of carbonyl (C=O) groups excluding carboxylic acids is 1. The Morgan fingerprint density at radius 1 is 1.06 bits per heavy atom. The first-order valence-electron chi connectivity index (χ1n) is 10.5. The number of hydrogen-bond donors (Lipinski definition) is 3. The topological polar surface area (TPSA) is 105 Å². The molecule has 10 heteroatoms. The molecule has 0 aliphatic heterocycles. The normalized spacial score (nSPS) is 22.6. The summed E-state index contributed by atoms with van der Waals surface area (Å²) in [6.07, 6.45) is 0.553. The van der Waals surface area contributed by atoms with E-state index < -0.39 is 21.5 Å². The molecule has 1 amide bonds. The number of benzene rings is 3. The van der Waals surface area contributed by atoms with Crippen LogP contribution in [0.5, 0.6) is 5.75 Å². The fraction of sp³-hybridized carbons (Fsp3) is 0.208. The van der Waals surface area contributed by atoms with E-state index in [9.17, 15) is 18.4 Å². The maximum absolute atomic E-state index is 13.2. The lowest BCUT2D eigenvalue weighted by atomic mass is 9.98. The summed E-state index contributed by atoms with van der Waals surface area (Å²) in [5.41, 5.74) is 2.99. The molecule has 0 bridgehead atoms. The van der Waals surface area contributed by atoms with Gasteiger partial charge in [-0.3, -0.25) is 10.0 Å². The number of carbonyl (C=O) groups is 1. The van der Waals surface area contributed by atoms with E-state index in [1.807, 2.05) is 24.3 Å². The van der Waals surface area contributed by atoms with Crippen LogP contribution in [0.15, 0.2) is 71.6 Å². The summed E-state index contributed by atoms with van der Waals surface area (Å²) in [6, 6.07) is 18.6. The number of sulfonamides is 1. The standard InChI is InChI=1S/C24H20Cl2N2O5S/c25-16-9-14(10-17(26)12-16)13-33-18-5-7-19(8-6-18)34(31,32)28-24(23(29)27-30)21-11-15-3-1-2-4-20(15)22(21)24/h1-10,12,21-22,28,30H,11,13H2,(H,27,29). The van der Waals surface area contributed by atoms with E-state index in [1.54, 1.807) is 23.7 Å². The molecule has 0 heterocycles. The highest BCUT2D eigenvalue weighted by Crippen LogP contribution is 2.64. The number of nitrogens with one attached hydrogen (secondary N) is 2. The molecule has 34 heavy (non-hydrogen) atoms. The van der Waals surface area contributed by atoms with Crippen molar-refractivity contribution in [3.8, 4) is 5.75 Å². The fourth-order valence-corrected chi connectivity index (χ4v) is 6.90. The second-order valence-electron chi connectivity index (χ2n) is 8.44. The zero-order valence-corrected chi connectivity index (χ0v) is 20.0. The molecule has 2 aliphatic carbocycles. The predicted molar refractivity (Wildman–Crippen MR) is 127 cm³/mol. The number of hydroxylamine groups is 1. The molecule has 3 atom stereocenters. The largest absolute Gasteiger partial charge is 0.489 e. The van der Waals surface area contributed by atoms with Gasteiger partial charge in [-0.1, -0.05) is 47.5 Å². The molecule has 5 rings (SSSR count). The number of amides is 1. The van der Waals surface area contributed by atoms with Crippen molar-refractivity contribution in [2.75, 3.05) is 0 Å². The highest BCUT2D eigenvalue weighted by molar-refractivity contribution is 7.89. The third kappa shape index (κ3) is 3.95. The van der Waals surface area contributed by atoms with Crippen molar-refractivity contribution in [3.63, 3.8) is 0 Å². The monoisotopic (exact) mass is 518 g/mol. The van der Waals surface area contributed by atoms with Crippen LogP contribution in [0.4, 0.5) is 0 Å². The van der Waals surface area contributed by atoms with Gasteiger partial charge in [0.05, 0.1) is 4.90 Å². The Labute approximate surface area is 206 Å². The molecular formula is C24H20Cl2N2O5S. The Morgan fingerprint density at radius 2 is 1.74 bits per heavy atom. The first-order chi connectivity index (χ1) is 16.2. The maximum atomic E-state index is 13.2. The van der Waals surface area contributed by atoms with Crippen molar-refractivity contribution >= 4 is 39.1 Å². The number of halogens is 2. The minimum atomic E-state index is -4.06. The maximum Gasteiger partial charge on any atom is 0.265 e. The van der Waals surface area contributed by atoms with Crippen molar-refractivity contribution in [2.24, 2.45) is 5.92 Å². The van der Waals surface area contributed by atoms with Gasteiger partial charge in [-0.05, 0) is 65.6 Å². The van der Waals surface area contributed by atoms with Crippen molar-refractivity contribution in [2.45, 2.75) is 29.4 Å². The summed E-state index contributed by atoms with van der Waals surface area (Å²) in [6.45, 7) is 0.202. The van der Waals surface area contributed by atoms with Crippen LogP contribution in [0, 0.1) is 5.92 Å². The SMILES string of the molecule is O=C(NO)C1(NS(=O)(=O)c2ccc(OCc3cc(Cl)cc(Cl)c3)cc2)C2Cc3ccccc3C21. The van der Waals surface area contributed by atoms with Gasteiger partial charge in [0, 0.05) is 21.9 Å². The lowest BCUT2D eigenvalue weighted by molar-refractivity contribution is -0.132. The molecule has 0 radical (unpaired) electrons. The average Bonchev–Trinajstić information content (AvgIpc) is 3.22. The van der Waals surface area contributed by atoms with Gasteiger partial charge in [0.1, 0.15) is 17.9 Å². The summed E-state index contributed by atoms with van der Waals surface area (Å²) in [7, 11) is -4.06. The van der Waals surface area contributed by atoms with Gasteiger partial charge in [0.25, 0.3) is 5.91 Å². The van der Waals surface area contributed by atoms with Gasteiger partial charge in [-0.15, -0.1) is 0 Å². The van der Waals surface area contributed by atoms with E-state index in [2.05, 4.69) is 4.72 Å². The van der Waals surface area contributed by atoms with Crippen LogP contribution in [-0.2, 0) is 27.8 Å². The van der Waals surface area contributed by atoms with Crippen LogP contribution in [0.3, 0.4) is 0 Å². The van der Waals surface area contributed by atoms with Gasteiger partial charge >= 0.3 is 0 Å². The minimum Gasteiger partial charge on any atom is -0.489 e.